The van der Waals surface area contributed by atoms with Crippen molar-refractivity contribution in [2.24, 2.45) is 0 Å². The Morgan fingerprint density at radius 3 is 1.57 bits per heavy atom. The number of nitrogens with one attached hydrogen (secondary N) is 2. The fourth-order valence-corrected chi connectivity index (χ4v) is 2.61. The van der Waals surface area contributed by atoms with Crippen molar-refractivity contribution in [2.45, 2.75) is 83.5 Å². The van der Waals surface area contributed by atoms with E-state index in [-0.39, 0.29) is 0 Å². The zero-order valence-electron chi connectivity index (χ0n) is 15.2. The van der Waals surface area contributed by atoms with Crippen LogP contribution in [0, 0.1) is 0 Å². The molecule has 0 aromatic heterocycles. The maximum absolute atomic E-state index is 10.8. The quantitative estimate of drug-likeness (QED) is 0.221. The Morgan fingerprint density at radius 1 is 0.783 bits per heavy atom. The SMILES string of the molecule is C=CC(=O)ONCCCCCCCCCCCCCCCNC. The second-order valence-corrected chi connectivity index (χ2v) is 6.22. The number of hydrogen-bond donors (Lipinski definition) is 2. The van der Waals surface area contributed by atoms with Crippen LogP contribution in [0.15, 0.2) is 12.7 Å². The summed E-state index contributed by atoms with van der Waals surface area (Å²) in [6, 6.07) is 0. The lowest BCUT2D eigenvalue weighted by Gasteiger charge is -2.04. The summed E-state index contributed by atoms with van der Waals surface area (Å²) >= 11 is 0. The molecular weight excluding hydrogens is 288 g/mol. The molecule has 0 aromatic rings. The largest absolute Gasteiger partial charge is 0.367 e. The van der Waals surface area contributed by atoms with Gasteiger partial charge in [-0.15, -0.1) is 0 Å². The molecule has 2 N–H and O–H groups in total. The zero-order chi connectivity index (χ0) is 17.0. The molecule has 0 aromatic carbocycles. The first kappa shape index (κ1) is 22.1. The zero-order valence-corrected chi connectivity index (χ0v) is 15.2. The van der Waals surface area contributed by atoms with Crippen LogP contribution < -0.4 is 10.8 Å². The van der Waals surface area contributed by atoms with Gasteiger partial charge in [-0.2, -0.15) is 5.48 Å². The van der Waals surface area contributed by atoms with Gasteiger partial charge in [-0.25, -0.2) is 4.79 Å². The van der Waals surface area contributed by atoms with Gasteiger partial charge in [-0.05, 0) is 26.4 Å². The predicted octanol–water partition coefficient (Wildman–Crippen LogP) is 4.51. The van der Waals surface area contributed by atoms with E-state index in [0.29, 0.717) is 0 Å². The molecule has 0 saturated carbocycles. The monoisotopic (exact) mass is 326 g/mol. The van der Waals surface area contributed by atoms with Gasteiger partial charge in [0.1, 0.15) is 0 Å². The lowest BCUT2D eigenvalue weighted by molar-refractivity contribution is -0.144. The van der Waals surface area contributed by atoms with E-state index in [4.69, 9.17) is 4.84 Å². The molecule has 0 fully saturated rings. The van der Waals surface area contributed by atoms with Crippen LogP contribution >= 0.6 is 0 Å². The standard InChI is InChI=1S/C19H38N2O2/c1-3-19(22)23-21-18-16-14-12-10-8-6-4-5-7-9-11-13-15-17-20-2/h3,20-21H,1,4-18H2,2H3. The van der Waals surface area contributed by atoms with Crippen LogP contribution in [0.25, 0.3) is 0 Å². The van der Waals surface area contributed by atoms with Crippen LogP contribution in [0.3, 0.4) is 0 Å². The van der Waals surface area contributed by atoms with Gasteiger partial charge >= 0.3 is 5.97 Å². The first-order chi connectivity index (χ1) is 11.3. The van der Waals surface area contributed by atoms with E-state index in [1.54, 1.807) is 0 Å². The minimum absolute atomic E-state index is 0.414. The number of rotatable bonds is 18. The topological polar surface area (TPSA) is 50.4 Å². The maximum Gasteiger partial charge on any atom is 0.348 e. The van der Waals surface area contributed by atoms with Crippen LogP contribution in [-0.4, -0.2) is 26.1 Å². The van der Waals surface area contributed by atoms with Gasteiger partial charge in [0, 0.05) is 12.6 Å². The van der Waals surface area contributed by atoms with E-state index in [0.717, 1.165) is 25.6 Å². The van der Waals surface area contributed by atoms with Crippen molar-refractivity contribution in [3.63, 3.8) is 0 Å². The predicted molar refractivity (Wildman–Crippen MR) is 98.2 cm³/mol. The number of unbranched alkanes of at least 4 members (excludes halogenated alkanes) is 12. The smallest absolute Gasteiger partial charge is 0.348 e. The molecule has 0 unspecified atom stereocenters. The van der Waals surface area contributed by atoms with Crippen molar-refractivity contribution >= 4 is 5.97 Å². The second-order valence-electron chi connectivity index (χ2n) is 6.22. The molecule has 0 amide bonds. The van der Waals surface area contributed by atoms with Crippen molar-refractivity contribution in [1.29, 1.82) is 0 Å². The molecule has 0 rings (SSSR count). The summed E-state index contributed by atoms with van der Waals surface area (Å²) in [6.45, 7) is 5.23. The fraction of sp³-hybridized carbons (Fsp3) is 0.842. The van der Waals surface area contributed by atoms with E-state index < -0.39 is 5.97 Å². The van der Waals surface area contributed by atoms with E-state index in [1.807, 2.05) is 7.05 Å². The molecule has 0 aliphatic heterocycles. The summed E-state index contributed by atoms with van der Waals surface area (Å²) < 4.78 is 0. The molecule has 0 spiro atoms. The summed E-state index contributed by atoms with van der Waals surface area (Å²) in [6.07, 6.45) is 18.5. The number of hydrogen-bond acceptors (Lipinski definition) is 4. The van der Waals surface area contributed by atoms with Crippen molar-refractivity contribution in [2.75, 3.05) is 20.1 Å². The second kappa shape index (κ2) is 19.2. The Kier molecular flexibility index (Phi) is 18.5. The van der Waals surface area contributed by atoms with Gasteiger partial charge in [0.05, 0.1) is 0 Å². The summed E-state index contributed by atoms with van der Waals surface area (Å²) in [7, 11) is 2.03. The lowest BCUT2D eigenvalue weighted by Crippen LogP contribution is -2.19. The molecule has 0 radical (unpaired) electrons. The number of carbonyl (C=O) groups excluding carboxylic acids is 1. The van der Waals surface area contributed by atoms with Gasteiger partial charge in [0.2, 0.25) is 0 Å². The highest BCUT2D eigenvalue weighted by molar-refractivity contribution is 5.80. The van der Waals surface area contributed by atoms with Crippen LogP contribution in [0.4, 0.5) is 0 Å². The summed E-state index contributed by atoms with van der Waals surface area (Å²) in [5, 5.41) is 3.20. The van der Waals surface area contributed by atoms with Crippen molar-refractivity contribution in [3.05, 3.63) is 12.7 Å². The van der Waals surface area contributed by atoms with E-state index >= 15 is 0 Å². The van der Waals surface area contributed by atoms with Gasteiger partial charge in [0.15, 0.2) is 0 Å². The third-order valence-corrected chi connectivity index (χ3v) is 4.05. The normalized spacial score (nSPS) is 10.7. The number of carbonyl (C=O) groups is 1. The first-order valence-corrected chi connectivity index (χ1v) is 9.52. The molecule has 0 bridgehead atoms. The van der Waals surface area contributed by atoms with Gasteiger partial charge in [-0.3, -0.25) is 0 Å². The summed E-state index contributed by atoms with van der Waals surface area (Å²) in [5.41, 5.74) is 2.66. The van der Waals surface area contributed by atoms with Crippen molar-refractivity contribution in [3.8, 4) is 0 Å². The molecule has 0 aliphatic rings. The highest BCUT2D eigenvalue weighted by Gasteiger charge is 1.96. The molecule has 0 saturated heterocycles. The Hall–Kier alpha value is -0.870. The third kappa shape index (κ3) is 19.1. The molecular formula is C19H38N2O2. The van der Waals surface area contributed by atoms with Gasteiger partial charge < -0.3 is 10.2 Å². The van der Waals surface area contributed by atoms with Crippen LogP contribution in [-0.2, 0) is 9.63 Å². The first-order valence-electron chi connectivity index (χ1n) is 9.52. The Labute approximate surface area is 143 Å². The van der Waals surface area contributed by atoms with Gasteiger partial charge in [-0.1, -0.05) is 77.2 Å². The Bertz CT molecular complexity index is 270. The van der Waals surface area contributed by atoms with E-state index in [1.165, 1.54) is 77.0 Å². The Morgan fingerprint density at radius 2 is 1.17 bits per heavy atom. The molecule has 0 aliphatic carbocycles. The van der Waals surface area contributed by atoms with E-state index in [2.05, 4.69) is 17.4 Å². The highest BCUT2D eigenvalue weighted by Crippen LogP contribution is 2.12. The molecule has 4 nitrogen and oxygen atoms in total. The minimum Gasteiger partial charge on any atom is -0.367 e. The molecule has 0 heterocycles. The highest BCUT2D eigenvalue weighted by atomic mass is 16.7. The third-order valence-electron chi connectivity index (χ3n) is 4.05. The van der Waals surface area contributed by atoms with Gasteiger partial charge in [0.25, 0.3) is 0 Å². The Balaban J connectivity index is 3.00. The molecule has 4 heteroatoms. The fourth-order valence-electron chi connectivity index (χ4n) is 2.61. The van der Waals surface area contributed by atoms with Crippen molar-refractivity contribution in [1.82, 2.24) is 10.8 Å². The molecule has 136 valence electrons. The van der Waals surface area contributed by atoms with Crippen LogP contribution in [0.5, 0.6) is 0 Å². The number of hydroxylamine groups is 1. The summed E-state index contributed by atoms with van der Waals surface area (Å²) in [4.78, 5) is 15.5. The van der Waals surface area contributed by atoms with Crippen LogP contribution in [0.2, 0.25) is 0 Å². The summed E-state index contributed by atoms with van der Waals surface area (Å²) in [5.74, 6) is -0.414. The maximum atomic E-state index is 10.8. The molecule has 0 atom stereocenters. The average molecular weight is 327 g/mol. The van der Waals surface area contributed by atoms with E-state index in [9.17, 15) is 4.79 Å². The average Bonchev–Trinajstić information content (AvgIpc) is 2.57. The minimum atomic E-state index is -0.414. The lowest BCUT2D eigenvalue weighted by atomic mass is 10.0. The molecule has 23 heavy (non-hydrogen) atoms. The van der Waals surface area contributed by atoms with Crippen LogP contribution in [0.1, 0.15) is 83.5 Å². The van der Waals surface area contributed by atoms with Crippen molar-refractivity contribution < 1.29 is 9.63 Å².